The third kappa shape index (κ3) is 4.86. The molecule has 0 spiro atoms. The van der Waals surface area contributed by atoms with E-state index in [1.807, 2.05) is 42.6 Å². The molecule has 0 radical (unpaired) electrons. The lowest BCUT2D eigenvalue weighted by Crippen LogP contribution is -2.30. The van der Waals surface area contributed by atoms with Gasteiger partial charge in [0.1, 0.15) is 11.5 Å². The van der Waals surface area contributed by atoms with Gasteiger partial charge < -0.3 is 15.0 Å². The number of nitrogens with zero attached hydrogens (tertiary/aromatic N) is 3. The van der Waals surface area contributed by atoms with E-state index in [1.54, 1.807) is 11.3 Å². The first-order chi connectivity index (χ1) is 14.2. The van der Waals surface area contributed by atoms with Gasteiger partial charge in [-0.2, -0.15) is 0 Å². The third-order valence-electron chi connectivity index (χ3n) is 5.12. The van der Waals surface area contributed by atoms with Crippen molar-refractivity contribution in [1.82, 2.24) is 9.88 Å². The molecule has 6 nitrogen and oxygen atoms in total. The smallest absolute Gasteiger partial charge is 0.236 e. The monoisotopic (exact) mass is 410 g/mol. The SMILES string of the molecule is Cc1oc(-c2cccs2)nc1CO/N=C(/N)c1ccccc1CN1CCCCC1. The molecule has 152 valence electrons. The van der Waals surface area contributed by atoms with Crippen LogP contribution in [-0.2, 0) is 18.0 Å². The Kier molecular flexibility index (Phi) is 6.27. The van der Waals surface area contributed by atoms with Gasteiger partial charge in [0.15, 0.2) is 12.4 Å². The zero-order chi connectivity index (χ0) is 20.1. The lowest BCUT2D eigenvalue weighted by atomic mass is 10.0. The van der Waals surface area contributed by atoms with Crippen molar-refractivity contribution in [2.24, 2.45) is 10.9 Å². The van der Waals surface area contributed by atoms with E-state index in [-0.39, 0.29) is 6.61 Å². The van der Waals surface area contributed by atoms with Crippen LogP contribution in [0, 0.1) is 6.92 Å². The third-order valence-corrected chi connectivity index (χ3v) is 5.98. The van der Waals surface area contributed by atoms with E-state index in [9.17, 15) is 0 Å². The molecule has 0 unspecified atom stereocenters. The maximum absolute atomic E-state index is 6.25. The number of oxime groups is 1. The van der Waals surface area contributed by atoms with Gasteiger partial charge in [0.05, 0.1) is 4.88 Å². The molecule has 3 aromatic rings. The number of oxazole rings is 1. The highest BCUT2D eigenvalue weighted by Gasteiger charge is 2.15. The van der Waals surface area contributed by atoms with Gasteiger partial charge in [-0.1, -0.05) is 41.9 Å². The van der Waals surface area contributed by atoms with Crippen LogP contribution >= 0.6 is 11.3 Å². The van der Waals surface area contributed by atoms with Gasteiger partial charge >= 0.3 is 0 Å². The van der Waals surface area contributed by atoms with Crippen LogP contribution < -0.4 is 5.73 Å². The summed E-state index contributed by atoms with van der Waals surface area (Å²) in [6.07, 6.45) is 3.85. The molecule has 0 saturated carbocycles. The van der Waals surface area contributed by atoms with Crippen LogP contribution in [0.5, 0.6) is 0 Å². The zero-order valence-electron chi connectivity index (χ0n) is 16.6. The van der Waals surface area contributed by atoms with Gasteiger partial charge in [0.25, 0.3) is 0 Å². The Labute approximate surface area is 175 Å². The fraction of sp³-hybridized carbons (Fsp3) is 0.364. The van der Waals surface area contributed by atoms with E-state index in [0.717, 1.165) is 41.5 Å². The summed E-state index contributed by atoms with van der Waals surface area (Å²) in [6.45, 7) is 5.26. The average molecular weight is 411 g/mol. The number of aromatic nitrogens is 1. The Morgan fingerprint density at radius 3 is 2.83 bits per heavy atom. The van der Waals surface area contributed by atoms with Crippen LogP contribution in [0.4, 0.5) is 0 Å². The van der Waals surface area contributed by atoms with Gasteiger partial charge in [0.2, 0.25) is 5.89 Å². The summed E-state index contributed by atoms with van der Waals surface area (Å²) in [5, 5.41) is 6.15. The van der Waals surface area contributed by atoms with E-state index in [4.69, 9.17) is 15.0 Å². The predicted octanol–water partition coefficient (Wildman–Crippen LogP) is 4.53. The first kappa shape index (κ1) is 19.7. The number of hydrogen-bond acceptors (Lipinski definition) is 6. The molecule has 0 aliphatic carbocycles. The Bertz CT molecular complexity index is 959. The fourth-order valence-electron chi connectivity index (χ4n) is 3.55. The molecule has 2 aromatic heterocycles. The van der Waals surface area contributed by atoms with Gasteiger partial charge in [-0.15, -0.1) is 11.3 Å². The summed E-state index contributed by atoms with van der Waals surface area (Å²) in [4.78, 5) is 13.5. The number of hydrogen-bond donors (Lipinski definition) is 1. The molecule has 1 aromatic carbocycles. The van der Waals surface area contributed by atoms with Gasteiger partial charge in [-0.25, -0.2) is 4.98 Å². The summed E-state index contributed by atoms with van der Waals surface area (Å²) in [5.74, 6) is 1.73. The number of piperidine rings is 1. The zero-order valence-corrected chi connectivity index (χ0v) is 17.5. The summed E-state index contributed by atoms with van der Waals surface area (Å²) in [7, 11) is 0. The van der Waals surface area contributed by atoms with E-state index in [1.165, 1.54) is 24.8 Å². The van der Waals surface area contributed by atoms with E-state index < -0.39 is 0 Å². The molecule has 29 heavy (non-hydrogen) atoms. The number of nitrogens with two attached hydrogens (primary N) is 1. The van der Waals surface area contributed by atoms with Crippen LogP contribution in [0.15, 0.2) is 51.4 Å². The molecule has 2 N–H and O–H groups in total. The van der Waals surface area contributed by atoms with Crippen LogP contribution in [0.1, 0.15) is 41.8 Å². The van der Waals surface area contributed by atoms with Crippen LogP contribution in [0.2, 0.25) is 0 Å². The van der Waals surface area contributed by atoms with Gasteiger partial charge in [-0.05, 0) is 49.9 Å². The molecular weight excluding hydrogens is 384 g/mol. The van der Waals surface area contributed by atoms with E-state index in [2.05, 4.69) is 21.1 Å². The normalized spacial score (nSPS) is 15.6. The minimum absolute atomic E-state index is 0.218. The lowest BCUT2D eigenvalue weighted by Gasteiger charge is -2.27. The minimum Gasteiger partial charge on any atom is -0.440 e. The molecule has 3 heterocycles. The van der Waals surface area contributed by atoms with Crippen molar-refractivity contribution >= 4 is 17.2 Å². The van der Waals surface area contributed by atoms with Crippen molar-refractivity contribution in [2.45, 2.75) is 39.3 Å². The van der Waals surface area contributed by atoms with Crippen molar-refractivity contribution in [3.05, 3.63) is 64.4 Å². The Balaban J connectivity index is 1.42. The molecule has 1 fully saturated rings. The topological polar surface area (TPSA) is 76.9 Å². The van der Waals surface area contributed by atoms with Crippen LogP contribution in [-0.4, -0.2) is 28.8 Å². The molecule has 4 rings (SSSR count). The molecule has 0 amide bonds. The number of amidine groups is 1. The van der Waals surface area contributed by atoms with Crippen LogP contribution in [0.3, 0.4) is 0 Å². The molecule has 1 saturated heterocycles. The summed E-state index contributed by atoms with van der Waals surface area (Å²) >= 11 is 1.59. The number of likely N-dealkylation sites (tertiary alicyclic amines) is 1. The maximum atomic E-state index is 6.25. The van der Waals surface area contributed by atoms with E-state index >= 15 is 0 Å². The second-order valence-corrected chi connectivity index (χ2v) is 8.19. The van der Waals surface area contributed by atoms with Crippen molar-refractivity contribution in [1.29, 1.82) is 0 Å². The fourth-order valence-corrected chi connectivity index (χ4v) is 4.20. The number of rotatable bonds is 7. The predicted molar refractivity (Wildman–Crippen MR) is 116 cm³/mol. The van der Waals surface area contributed by atoms with Crippen molar-refractivity contribution in [3.63, 3.8) is 0 Å². The summed E-state index contributed by atoms with van der Waals surface area (Å²) in [5.41, 5.74) is 9.08. The number of benzene rings is 1. The first-order valence-electron chi connectivity index (χ1n) is 9.97. The number of aryl methyl sites for hydroxylation is 1. The van der Waals surface area contributed by atoms with Gasteiger partial charge in [-0.3, -0.25) is 4.90 Å². The summed E-state index contributed by atoms with van der Waals surface area (Å²) < 4.78 is 5.74. The van der Waals surface area contributed by atoms with E-state index in [0.29, 0.717) is 11.7 Å². The Morgan fingerprint density at radius 1 is 1.21 bits per heavy atom. The lowest BCUT2D eigenvalue weighted by molar-refractivity contribution is 0.127. The molecule has 7 heteroatoms. The molecule has 0 bridgehead atoms. The second kappa shape index (κ2) is 9.24. The molecule has 1 aliphatic rings. The highest BCUT2D eigenvalue weighted by molar-refractivity contribution is 7.13. The molecular formula is C22H26N4O2S. The number of thiophene rings is 1. The van der Waals surface area contributed by atoms with Crippen molar-refractivity contribution in [2.75, 3.05) is 13.1 Å². The van der Waals surface area contributed by atoms with Crippen LogP contribution in [0.25, 0.3) is 10.8 Å². The van der Waals surface area contributed by atoms with Crippen molar-refractivity contribution in [3.8, 4) is 10.8 Å². The standard InChI is InChI=1S/C22H26N4O2S/c1-16-19(24-22(28-16)20-10-7-13-29-20)15-27-25-21(23)18-9-4-3-8-17(18)14-26-11-5-2-6-12-26/h3-4,7-10,13H,2,5-6,11-12,14-15H2,1H3,(H2,23,25). The maximum Gasteiger partial charge on any atom is 0.236 e. The summed E-state index contributed by atoms with van der Waals surface area (Å²) in [6, 6.07) is 12.1. The quantitative estimate of drug-likeness (QED) is 0.352. The molecule has 1 aliphatic heterocycles. The highest BCUT2D eigenvalue weighted by atomic mass is 32.1. The minimum atomic E-state index is 0.218. The largest absolute Gasteiger partial charge is 0.440 e. The second-order valence-electron chi connectivity index (χ2n) is 7.24. The van der Waals surface area contributed by atoms with Crippen molar-refractivity contribution < 1.29 is 9.25 Å². The first-order valence-corrected chi connectivity index (χ1v) is 10.8. The van der Waals surface area contributed by atoms with Gasteiger partial charge in [0, 0.05) is 12.1 Å². The Morgan fingerprint density at radius 2 is 2.03 bits per heavy atom. The Hall–Kier alpha value is -2.64. The molecule has 0 atom stereocenters. The average Bonchev–Trinajstić information content (AvgIpc) is 3.39. The highest BCUT2D eigenvalue weighted by Crippen LogP contribution is 2.26.